The van der Waals surface area contributed by atoms with Crippen LogP contribution >= 0.6 is 11.3 Å². The Kier molecular flexibility index (Phi) is 4.78. The third-order valence-corrected chi connectivity index (χ3v) is 4.27. The SMILES string of the molecule is COc1cccc(-c2csc(CCOc3cccc(N)c3)n2)c1. The van der Waals surface area contributed by atoms with Gasteiger partial charge in [-0.2, -0.15) is 0 Å². The van der Waals surface area contributed by atoms with E-state index in [2.05, 4.69) is 10.4 Å². The molecule has 0 spiro atoms. The number of ether oxygens (including phenoxy) is 2. The van der Waals surface area contributed by atoms with Crippen molar-refractivity contribution in [1.29, 1.82) is 0 Å². The molecule has 2 aromatic carbocycles. The third kappa shape index (κ3) is 4.02. The topological polar surface area (TPSA) is 57.4 Å². The van der Waals surface area contributed by atoms with Crippen molar-refractivity contribution in [2.75, 3.05) is 19.5 Å². The number of hydrogen-bond donors (Lipinski definition) is 1. The van der Waals surface area contributed by atoms with Gasteiger partial charge >= 0.3 is 0 Å². The highest BCUT2D eigenvalue weighted by Crippen LogP contribution is 2.25. The van der Waals surface area contributed by atoms with Crippen molar-refractivity contribution >= 4 is 17.0 Å². The number of anilines is 1. The monoisotopic (exact) mass is 326 g/mol. The number of nitrogens with zero attached hydrogens (tertiary/aromatic N) is 1. The van der Waals surface area contributed by atoms with Crippen LogP contribution in [0.25, 0.3) is 11.3 Å². The van der Waals surface area contributed by atoms with Gasteiger partial charge in [-0.1, -0.05) is 18.2 Å². The Morgan fingerprint density at radius 2 is 1.91 bits per heavy atom. The van der Waals surface area contributed by atoms with Crippen molar-refractivity contribution in [1.82, 2.24) is 4.98 Å². The zero-order chi connectivity index (χ0) is 16.1. The first kappa shape index (κ1) is 15.4. The molecule has 0 bridgehead atoms. The summed E-state index contributed by atoms with van der Waals surface area (Å²) in [7, 11) is 1.67. The van der Waals surface area contributed by atoms with E-state index in [1.807, 2.05) is 48.5 Å². The van der Waals surface area contributed by atoms with E-state index in [4.69, 9.17) is 15.2 Å². The largest absolute Gasteiger partial charge is 0.497 e. The molecule has 0 aliphatic carbocycles. The minimum Gasteiger partial charge on any atom is -0.497 e. The summed E-state index contributed by atoms with van der Waals surface area (Å²) < 4.78 is 11.0. The van der Waals surface area contributed by atoms with E-state index in [1.165, 1.54) is 0 Å². The average Bonchev–Trinajstić information content (AvgIpc) is 3.04. The summed E-state index contributed by atoms with van der Waals surface area (Å²) in [6.45, 7) is 0.578. The highest BCUT2D eigenvalue weighted by molar-refractivity contribution is 7.09. The van der Waals surface area contributed by atoms with Gasteiger partial charge in [0, 0.05) is 29.1 Å². The van der Waals surface area contributed by atoms with Gasteiger partial charge < -0.3 is 15.2 Å². The van der Waals surface area contributed by atoms with Crippen LogP contribution in [0.15, 0.2) is 53.9 Å². The van der Waals surface area contributed by atoms with Gasteiger partial charge in [0.15, 0.2) is 0 Å². The Balaban J connectivity index is 1.61. The summed E-state index contributed by atoms with van der Waals surface area (Å²) in [5.41, 5.74) is 8.46. The van der Waals surface area contributed by atoms with E-state index >= 15 is 0 Å². The van der Waals surface area contributed by atoms with E-state index in [0.717, 1.165) is 34.2 Å². The summed E-state index contributed by atoms with van der Waals surface area (Å²) in [6.07, 6.45) is 0.767. The van der Waals surface area contributed by atoms with E-state index in [0.29, 0.717) is 12.3 Å². The summed E-state index contributed by atoms with van der Waals surface area (Å²) in [6, 6.07) is 15.4. The summed E-state index contributed by atoms with van der Waals surface area (Å²) in [5, 5.41) is 3.11. The molecular formula is C18H18N2O2S. The molecule has 0 aliphatic heterocycles. The van der Waals surface area contributed by atoms with Gasteiger partial charge in [0.1, 0.15) is 11.5 Å². The highest BCUT2D eigenvalue weighted by Gasteiger charge is 2.06. The molecule has 0 aliphatic rings. The van der Waals surface area contributed by atoms with Crippen LogP contribution in [-0.2, 0) is 6.42 Å². The number of aromatic nitrogens is 1. The Bertz CT molecular complexity index is 786. The molecule has 4 nitrogen and oxygen atoms in total. The maximum Gasteiger partial charge on any atom is 0.121 e. The molecule has 23 heavy (non-hydrogen) atoms. The van der Waals surface area contributed by atoms with E-state index in [-0.39, 0.29) is 0 Å². The lowest BCUT2D eigenvalue weighted by Crippen LogP contribution is -2.01. The van der Waals surface area contributed by atoms with E-state index in [1.54, 1.807) is 18.4 Å². The highest BCUT2D eigenvalue weighted by atomic mass is 32.1. The molecule has 3 aromatic rings. The van der Waals surface area contributed by atoms with Gasteiger partial charge in [-0.3, -0.25) is 0 Å². The third-order valence-electron chi connectivity index (χ3n) is 3.36. The lowest BCUT2D eigenvalue weighted by molar-refractivity contribution is 0.322. The first-order chi connectivity index (χ1) is 11.2. The van der Waals surface area contributed by atoms with Crippen LogP contribution in [0.4, 0.5) is 5.69 Å². The maximum absolute atomic E-state index is 5.73. The van der Waals surface area contributed by atoms with Gasteiger partial charge in [-0.25, -0.2) is 4.98 Å². The standard InChI is InChI=1S/C18H18N2O2S/c1-21-15-6-2-4-13(10-15)17-12-23-18(20-17)8-9-22-16-7-3-5-14(19)11-16/h2-7,10-12H,8-9,19H2,1H3. The minimum atomic E-state index is 0.578. The molecule has 118 valence electrons. The quantitative estimate of drug-likeness (QED) is 0.695. The van der Waals surface area contributed by atoms with Gasteiger partial charge in [0.25, 0.3) is 0 Å². The number of benzene rings is 2. The number of rotatable bonds is 6. The van der Waals surface area contributed by atoms with Crippen LogP contribution in [0, 0.1) is 0 Å². The Morgan fingerprint density at radius 3 is 2.74 bits per heavy atom. The second-order valence-corrected chi connectivity index (χ2v) is 5.97. The van der Waals surface area contributed by atoms with Crippen molar-refractivity contribution in [3.05, 3.63) is 58.9 Å². The summed E-state index contributed by atoms with van der Waals surface area (Å²) >= 11 is 1.64. The molecule has 0 unspecified atom stereocenters. The molecular weight excluding hydrogens is 308 g/mol. The average molecular weight is 326 g/mol. The number of hydrogen-bond acceptors (Lipinski definition) is 5. The zero-order valence-corrected chi connectivity index (χ0v) is 13.7. The van der Waals surface area contributed by atoms with Crippen LogP contribution in [0.2, 0.25) is 0 Å². The van der Waals surface area contributed by atoms with Gasteiger partial charge in [-0.05, 0) is 24.3 Å². The molecule has 0 radical (unpaired) electrons. The fraction of sp³-hybridized carbons (Fsp3) is 0.167. The van der Waals surface area contributed by atoms with Crippen molar-refractivity contribution in [3.8, 4) is 22.8 Å². The molecule has 5 heteroatoms. The summed E-state index contributed by atoms with van der Waals surface area (Å²) in [4.78, 5) is 4.66. The van der Waals surface area contributed by atoms with Crippen LogP contribution < -0.4 is 15.2 Å². The molecule has 3 rings (SSSR count). The van der Waals surface area contributed by atoms with Crippen molar-refractivity contribution in [2.24, 2.45) is 0 Å². The number of nitrogen functional groups attached to an aromatic ring is 1. The van der Waals surface area contributed by atoms with Crippen LogP contribution in [0.1, 0.15) is 5.01 Å². The molecule has 0 saturated heterocycles. The van der Waals surface area contributed by atoms with Crippen molar-refractivity contribution in [2.45, 2.75) is 6.42 Å². The van der Waals surface area contributed by atoms with Gasteiger partial charge in [-0.15, -0.1) is 11.3 Å². The lowest BCUT2D eigenvalue weighted by Gasteiger charge is -2.05. The second kappa shape index (κ2) is 7.15. The molecule has 0 amide bonds. The van der Waals surface area contributed by atoms with Gasteiger partial charge in [0.05, 0.1) is 24.4 Å². The molecule has 1 heterocycles. The van der Waals surface area contributed by atoms with Crippen molar-refractivity contribution < 1.29 is 9.47 Å². The first-order valence-electron chi connectivity index (χ1n) is 7.32. The lowest BCUT2D eigenvalue weighted by atomic mass is 10.2. The smallest absolute Gasteiger partial charge is 0.121 e. The molecule has 2 N–H and O–H groups in total. The predicted molar refractivity (Wildman–Crippen MR) is 94.2 cm³/mol. The number of methoxy groups -OCH3 is 1. The Morgan fingerprint density at radius 1 is 1.09 bits per heavy atom. The van der Waals surface area contributed by atoms with Crippen molar-refractivity contribution in [3.63, 3.8) is 0 Å². The van der Waals surface area contributed by atoms with Crippen LogP contribution in [0.3, 0.4) is 0 Å². The normalized spacial score (nSPS) is 10.5. The van der Waals surface area contributed by atoms with Crippen LogP contribution in [-0.4, -0.2) is 18.7 Å². The fourth-order valence-electron chi connectivity index (χ4n) is 2.20. The minimum absolute atomic E-state index is 0.578. The first-order valence-corrected chi connectivity index (χ1v) is 8.20. The zero-order valence-electron chi connectivity index (χ0n) is 12.9. The predicted octanol–water partition coefficient (Wildman–Crippen LogP) is 4.02. The van der Waals surface area contributed by atoms with Crippen LogP contribution in [0.5, 0.6) is 11.5 Å². The number of thiazole rings is 1. The molecule has 0 saturated carbocycles. The van der Waals surface area contributed by atoms with E-state index in [9.17, 15) is 0 Å². The van der Waals surface area contributed by atoms with Gasteiger partial charge in [0.2, 0.25) is 0 Å². The fourth-order valence-corrected chi connectivity index (χ4v) is 2.99. The maximum atomic E-state index is 5.73. The Hall–Kier alpha value is -2.53. The number of nitrogens with two attached hydrogens (primary N) is 1. The van der Waals surface area contributed by atoms with E-state index < -0.39 is 0 Å². The summed E-state index contributed by atoms with van der Waals surface area (Å²) in [5.74, 6) is 1.62. The second-order valence-electron chi connectivity index (χ2n) is 5.03. The molecule has 1 aromatic heterocycles. The molecule has 0 fully saturated rings. The molecule has 0 atom stereocenters. The Labute approximate surface area is 139 Å².